The van der Waals surface area contributed by atoms with Crippen LogP contribution in [0.3, 0.4) is 0 Å². The second kappa shape index (κ2) is 6.90. The summed E-state index contributed by atoms with van der Waals surface area (Å²) < 4.78 is 5.18. The average Bonchev–Trinajstić information content (AvgIpc) is 2.47. The molecule has 1 unspecified atom stereocenters. The number of amides is 1. The van der Waals surface area contributed by atoms with Gasteiger partial charge in [0.2, 0.25) is 5.91 Å². The van der Waals surface area contributed by atoms with Crippen LogP contribution in [0.5, 0.6) is 0 Å². The fourth-order valence-electron chi connectivity index (χ4n) is 2.22. The van der Waals surface area contributed by atoms with Gasteiger partial charge in [-0.2, -0.15) is 0 Å². The Balaban J connectivity index is 2.31. The van der Waals surface area contributed by atoms with Crippen LogP contribution in [0, 0.1) is 6.92 Å². The van der Waals surface area contributed by atoms with Gasteiger partial charge in [-0.1, -0.05) is 42.0 Å². The average molecular weight is 284 g/mol. The number of hydrogen-bond acceptors (Lipinski definition) is 3. The van der Waals surface area contributed by atoms with Crippen molar-refractivity contribution in [2.75, 3.05) is 12.4 Å². The number of carbonyl (C=O) groups is 1. The van der Waals surface area contributed by atoms with E-state index in [1.807, 2.05) is 55.5 Å². The number of anilines is 1. The Bertz CT molecular complexity index is 608. The standard InChI is InChI=1S/C17H20N2O2/c1-12-7-9-14(10-8-12)19-16(17(18)20)15-6-4-3-5-13(15)11-21-2/h3-10,16,19H,11H2,1-2H3,(H2,18,20). The summed E-state index contributed by atoms with van der Waals surface area (Å²) in [5.41, 5.74) is 9.38. The summed E-state index contributed by atoms with van der Waals surface area (Å²) in [4.78, 5) is 11.8. The van der Waals surface area contributed by atoms with Crippen molar-refractivity contribution in [3.63, 3.8) is 0 Å². The molecule has 21 heavy (non-hydrogen) atoms. The van der Waals surface area contributed by atoms with E-state index < -0.39 is 11.9 Å². The summed E-state index contributed by atoms with van der Waals surface area (Å²) in [6.07, 6.45) is 0. The molecule has 1 amide bonds. The predicted molar refractivity (Wildman–Crippen MR) is 83.9 cm³/mol. The molecular formula is C17H20N2O2. The highest BCUT2D eigenvalue weighted by molar-refractivity contribution is 5.85. The SMILES string of the molecule is COCc1ccccc1C(Nc1ccc(C)cc1)C(N)=O. The smallest absolute Gasteiger partial charge is 0.244 e. The zero-order valence-corrected chi connectivity index (χ0v) is 12.3. The third-order valence-electron chi connectivity index (χ3n) is 3.31. The van der Waals surface area contributed by atoms with Gasteiger partial charge in [0.1, 0.15) is 6.04 Å². The summed E-state index contributed by atoms with van der Waals surface area (Å²) >= 11 is 0. The van der Waals surface area contributed by atoms with Crippen LogP contribution < -0.4 is 11.1 Å². The molecule has 110 valence electrons. The first-order chi connectivity index (χ1) is 10.1. The number of benzene rings is 2. The van der Waals surface area contributed by atoms with Crippen LogP contribution >= 0.6 is 0 Å². The Morgan fingerprint density at radius 3 is 2.48 bits per heavy atom. The highest BCUT2D eigenvalue weighted by Crippen LogP contribution is 2.23. The monoisotopic (exact) mass is 284 g/mol. The van der Waals surface area contributed by atoms with Gasteiger partial charge in [-0.25, -0.2) is 0 Å². The van der Waals surface area contributed by atoms with Crippen molar-refractivity contribution < 1.29 is 9.53 Å². The fourth-order valence-corrected chi connectivity index (χ4v) is 2.22. The molecule has 4 nitrogen and oxygen atoms in total. The molecule has 3 N–H and O–H groups in total. The van der Waals surface area contributed by atoms with E-state index in [1.54, 1.807) is 7.11 Å². The number of primary amides is 1. The molecule has 0 heterocycles. The van der Waals surface area contributed by atoms with Gasteiger partial charge in [0.05, 0.1) is 6.61 Å². The Labute approximate surface area is 124 Å². The van der Waals surface area contributed by atoms with Crippen LogP contribution in [0.2, 0.25) is 0 Å². The van der Waals surface area contributed by atoms with Gasteiger partial charge in [-0.05, 0) is 30.2 Å². The lowest BCUT2D eigenvalue weighted by molar-refractivity contribution is -0.118. The van der Waals surface area contributed by atoms with Crippen LogP contribution in [0.15, 0.2) is 48.5 Å². The minimum atomic E-state index is -0.584. The Morgan fingerprint density at radius 1 is 1.19 bits per heavy atom. The molecule has 0 aliphatic carbocycles. The number of ether oxygens (including phenoxy) is 1. The van der Waals surface area contributed by atoms with Gasteiger partial charge in [-0.15, -0.1) is 0 Å². The van der Waals surface area contributed by atoms with E-state index in [2.05, 4.69) is 5.32 Å². The molecule has 0 aliphatic rings. The zero-order valence-electron chi connectivity index (χ0n) is 12.3. The van der Waals surface area contributed by atoms with E-state index in [1.165, 1.54) is 0 Å². The van der Waals surface area contributed by atoms with E-state index in [9.17, 15) is 4.79 Å². The van der Waals surface area contributed by atoms with Gasteiger partial charge in [-0.3, -0.25) is 4.79 Å². The van der Waals surface area contributed by atoms with Gasteiger partial charge in [0.25, 0.3) is 0 Å². The Hall–Kier alpha value is -2.33. The summed E-state index contributed by atoms with van der Waals surface area (Å²) in [5.74, 6) is -0.417. The molecular weight excluding hydrogens is 264 g/mol. The Morgan fingerprint density at radius 2 is 1.86 bits per heavy atom. The van der Waals surface area contributed by atoms with E-state index in [4.69, 9.17) is 10.5 Å². The van der Waals surface area contributed by atoms with Gasteiger partial charge >= 0.3 is 0 Å². The minimum Gasteiger partial charge on any atom is -0.380 e. The number of methoxy groups -OCH3 is 1. The fraction of sp³-hybridized carbons (Fsp3) is 0.235. The van der Waals surface area contributed by atoms with Gasteiger partial charge < -0.3 is 15.8 Å². The van der Waals surface area contributed by atoms with E-state index in [-0.39, 0.29) is 0 Å². The predicted octanol–water partition coefficient (Wildman–Crippen LogP) is 2.78. The molecule has 2 aromatic rings. The zero-order chi connectivity index (χ0) is 15.2. The molecule has 0 spiro atoms. The number of rotatable bonds is 6. The first kappa shape index (κ1) is 15.1. The molecule has 0 aromatic heterocycles. The molecule has 0 radical (unpaired) electrons. The lowest BCUT2D eigenvalue weighted by Gasteiger charge is -2.20. The van der Waals surface area contributed by atoms with Gasteiger partial charge in [0, 0.05) is 12.8 Å². The molecule has 1 atom stereocenters. The number of nitrogens with one attached hydrogen (secondary N) is 1. The Kier molecular flexibility index (Phi) is 4.95. The molecule has 0 bridgehead atoms. The molecule has 2 rings (SSSR count). The molecule has 4 heteroatoms. The molecule has 2 aromatic carbocycles. The molecule has 0 saturated heterocycles. The number of carbonyl (C=O) groups excluding carboxylic acids is 1. The summed E-state index contributed by atoms with van der Waals surface area (Å²) in [5, 5.41) is 3.19. The molecule has 0 saturated carbocycles. The third-order valence-corrected chi connectivity index (χ3v) is 3.31. The van der Waals surface area contributed by atoms with E-state index >= 15 is 0 Å². The lowest BCUT2D eigenvalue weighted by atomic mass is 9.99. The maximum atomic E-state index is 11.8. The maximum absolute atomic E-state index is 11.8. The van der Waals surface area contributed by atoms with Crippen molar-refractivity contribution in [1.29, 1.82) is 0 Å². The topological polar surface area (TPSA) is 64.3 Å². The second-order valence-electron chi connectivity index (χ2n) is 4.98. The van der Waals surface area contributed by atoms with Crippen LogP contribution in [-0.2, 0) is 16.1 Å². The largest absolute Gasteiger partial charge is 0.380 e. The number of nitrogens with two attached hydrogens (primary N) is 1. The van der Waals surface area contributed by atoms with Crippen LogP contribution in [0.4, 0.5) is 5.69 Å². The van der Waals surface area contributed by atoms with Crippen LogP contribution in [-0.4, -0.2) is 13.0 Å². The van der Waals surface area contributed by atoms with Crippen molar-refractivity contribution in [1.82, 2.24) is 0 Å². The minimum absolute atomic E-state index is 0.417. The van der Waals surface area contributed by atoms with Crippen molar-refractivity contribution in [2.45, 2.75) is 19.6 Å². The van der Waals surface area contributed by atoms with Crippen LogP contribution in [0.1, 0.15) is 22.7 Å². The highest BCUT2D eigenvalue weighted by Gasteiger charge is 2.20. The number of hydrogen-bond donors (Lipinski definition) is 2. The summed E-state index contributed by atoms with van der Waals surface area (Å²) in [7, 11) is 1.63. The van der Waals surface area contributed by atoms with E-state index in [0.29, 0.717) is 6.61 Å². The van der Waals surface area contributed by atoms with Gasteiger partial charge in [0.15, 0.2) is 0 Å². The highest BCUT2D eigenvalue weighted by atomic mass is 16.5. The molecule has 0 aliphatic heterocycles. The maximum Gasteiger partial charge on any atom is 0.244 e. The second-order valence-corrected chi connectivity index (χ2v) is 4.98. The first-order valence-electron chi connectivity index (χ1n) is 6.81. The van der Waals surface area contributed by atoms with Crippen LogP contribution in [0.25, 0.3) is 0 Å². The quantitative estimate of drug-likeness (QED) is 0.857. The number of aryl methyl sites for hydroxylation is 1. The molecule has 0 fully saturated rings. The van der Waals surface area contributed by atoms with Crippen molar-refractivity contribution >= 4 is 11.6 Å². The van der Waals surface area contributed by atoms with Crippen molar-refractivity contribution in [3.8, 4) is 0 Å². The normalized spacial score (nSPS) is 11.9. The lowest BCUT2D eigenvalue weighted by Crippen LogP contribution is -2.28. The summed E-state index contributed by atoms with van der Waals surface area (Å²) in [6, 6.07) is 14.9. The third kappa shape index (κ3) is 3.83. The van der Waals surface area contributed by atoms with Crippen molar-refractivity contribution in [3.05, 3.63) is 65.2 Å². The van der Waals surface area contributed by atoms with E-state index in [0.717, 1.165) is 22.4 Å². The first-order valence-corrected chi connectivity index (χ1v) is 6.81. The summed E-state index contributed by atoms with van der Waals surface area (Å²) in [6.45, 7) is 2.46. The van der Waals surface area contributed by atoms with Crippen molar-refractivity contribution in [2.24, 2.45) is 5.73 Å².